The van der Waals surface area contributed by atoms with Crippen LogP contribution >= 0.6 is 23.2 Å². The molecule has 0 saturated heterocycles. The standard InChI is InChI=1S/C26H19Cl2F3N6O/c1-14-3-6-17(9-15(14)2)20-10-22(26(29,30)31)37-23(32-20)11-21(34-37)25(38)33-24-19(28)13-36(35-24)12-16-4-7-18(27)8-5-16/h3-11,13H,12H2,1-2H3,(H,33,35,38). The summed E-state index contributed by atoms with van der Waals surface area (Å²) in [6.45, 7) is 4.14. The SMILES string of the molecule is Cc1ccc(-c2cc(C(F)(F)F)n3nc(C(=O)Nc4nn(Cc5ccc(Cl)cc5)cc4Cl)cc3n2)cc1C. The number of nitrogens with one attached hydrogen (secondary N) is 1. The number of amides is 1. The van der Waals surface area contributed by atoms with Gasteiger partial charge in [0, 0.05) is 22.8 Å². The summed E-state index contributed by atoms with van der Waals surface area (Å²) in [6.07, 6.45) is -3.21. The highest BCUT2D eigenvalue weighted by Crippen LogP contribution is 2.33. The molecule has 0 aliphatic carbocycles. The first-order valence-corrected chi connectivity index (χ1v) is 12.1. The fraction of sp³-hybridized carbons (Fsp3) is 0.154. The number of alkyl halides is 3. The van der Waals surface area contributed by atoms with Gasteiger partial charge in [-0.3, -0.25) is 9.48 Å². The van der Waals surface area contributed by atoms with Crippen molar-refractivity contribution in [3.8, 4) is 11.3 Å². The Morgan fingerprint density at radius 3 is 2.39 bits per heavy atom. The highest BCUT2D eigenvalue weighted by molar-refractivity contribution is 6.33. The van der Waals surface area contributed by atoms with E-state index in [1.54, 1.807) is 24.3 Å². The summed E-state index contributed by atoms with van der Waals surface area (Å²) in [5.74, 6) is -0.738. The van der Waals surface area contributed by atoms with E-state index in [4.69, 9.17) is 23.2 Å². The monoisotopic (exact) mass is 558 g/mol. The zero-order valence-electron chi connectivity index (χ0n) is 20.0. The Hall–Kier alpha value is -3.89. The van der Waals surface area contributed by atoms with Gasteiger partial charge in [0.15, 0.2) is 22.9 Å². The maximum atomic E-state index is 13.9. The van der Waals surface area contributed by atoms with Crippen LogP contribution in [0.4, 0.5) is 19.0 Å². The number of halogens is 5. The van der Waals surface area contributed by atoms with Crippen molar-refractivity contribution in [1.29, 1.82) is 0 Å². The summed E-state index contributed by atoms with van der Waals surface area (Å²) in [4.78, 5) is 17.3. The van der Waals surface area contributed by atoms with Gasteiger partial charge < -0.3 is 5.32 Å². The van der Waals surface area contributed by atoms with E-state index in [1.807, 2.05) is 32.0 Å². The van der Waals surface area contributed by atoms with Crippen molar-refractivity contribution in [2.45, 2.75) is 26.6 Å². The Bertz CT molecular complexity index is 1680. The summed E-state index contributed by atoms with van der Waals surface area (Å²) < 4.78 is 44.0. The van der Waals surface area contributed by atoms with Gasteiger partial charge in [0.25, 0.3) is 5.91 Å². The molecule has 0 bridgehead atoms. The molecule has 2 aromatic carbocycles. The van der Waals surface area contributed by atoms with Crippen molar-refractivity contribution >= 4 is 40.6 Å². The van der Waals surface area contributed by atoms with Gasteiger partial charge in [0.2, 0.25) is 0 Å². The lowest BCUT2D eigenvalue weighted by molar-refractivity contribution is -0.142. The minimum Gasteiger partial charge on any atom is -0.302 e. The lowest BCUT2D eigenvalue weighted by Gasteiger charge is -2.11. The van der Waals surface area contributed by atoms with E-state index in [0.717, 1.165) is 22.8 Å². The van der Waals surface area contributed by atoms with Crippen molar-refractivity contribution in [1.82, 2.24) is 24.4 Å². The molecule has 5 aromatic rings. The number of carbonyl (C=O) groups is 1. The molecule has 0 atom stereocenters. The highest BCUT2D eigenvalue weighted by Gasteiger charge is 2.35. The number of benzene rings is 2. The van der Waals surface area contributed by atoms with Crippen molar-refractivity contribution < 1.29 is 18.0 Å². The Balaban J connectivity index is 1.45. The van der Waals surface area contributed by atoms with Crippen molar-refractivity contribution in [3.63, 3.8) is 0 Å². The van der Waals surface area contributed by atoms with Crippen LogP contribution in [0.15, 0.2) is 60.8 Å². The average Bonchev–Trinajstić information content (AvgIpc) is 3.44. The van der Waals surface area contributed by atoms with E-state index in [2.05, 4.69) is 20.5 Å². The number of fused-ring (bicyclic) bond motifs is 1. The summed E-state index contributed by atoms with van der Waals surface area (Å²) in [7, 11) is 0. The lowest BCUT2D eigenvalue weighted by atomic mass is 10.0. The zero-order valence-corrected chi connectivity index (χ0v) is 21.5. The second-order valence-electron chi connectivity index (χ2n) is 8.73. The van der Waals surface area contributed by atoms with Crippen LogP contribution in [0.3, 0.4) is 0 Å². The molecule has 5 rings (SSSR count). The van der Waals surface area contributed by atoms with Gasteiger partial charge in [0.1, 0.15) is 5.02 Å². The molecule has 1 N–H and O–H groups in total. The quantitative estimate of drug-likeness (QED) is 0.256. The van der Waals surface area contributed by atoms with Crippen LogP contribution in [0.1, 0.15) is 32.9 Å². The Labute approximate surface area is 224 Å². The maximum absolute atomic E-state index is 13.9. The molecular formula is C26H19Cl2F3N6O. The first kappa shape index (κ1) is 25.7. The molecule has 3 aromatic heterocycles. The molecule has 3 heterocycles. The van der Waals surface area contributed by atoms with Gasteiger partial charge >= 0.3 is 6.18 Å². The molecule has 1 amide bonds. The second kappa shape index (κ2) is 9.77. The van der Waals surface area contributed by atoms with Gasteiger partial charge in [-0.25, -0.2) is 9.50 Å². The Kier molecular flexibility index (Phi) is 6.62. The van der Waals surface area contributed by atoms with Crippen LogP contribution in [0.2, 0.25) is 10.0 Å². The average molecular weight is 559 g/mol. The molecule has 0 fully saturated rings. The molecule has 194 valence electrons. The molecule has 0 aliphatic rings. The topological polar surface area (TPSA) is 77.1 Å². The predicted octanol–water partition coefficient (Wildman–Crippen LogP) is 6.84. The van der Waals surface area contributed by atoms with Crippen molar-refractivity contribution in [2.75, 3.05) is 5.32 Å². The van der Waals surface area contributed by atoms with E-state index in [9.17, 15) is 18.0 Å². The largest absolute Gasteiger partial charge is 0.433 e. The third-order valence-corrected chi connectivity index (χ3v) is 6.49. The third kappa shape index (κ3) is 5.23. The number of aryl methyl sites for hydroxylation is 2. The van der Waals surface area contributed by atoms with Gasteiger partial charge in [-0.1, -0.05) is 47.5 Å². The highest BCUT2D eigenvalue weighted by atomic mass is 35.5. The number of hydrogen-bond acceptors (Lipinski definition) is 4. The van der Waals surface area contributed by atoms with Crippen LogP contribution in [0.5, 0.6) is 0 Å². The van der Waals surface area contributed by atoms with Gasteiger partial charge in [0.05, 0.1) is 12.2 Å². The van der Waals surface area contributed by atoms with Crippen LogP contribution < -0.4 is 5.32 Å². The number of nitrogens with zero attached hydrogens (tertiary/aromatic N) is 5. The molecule has 0 aliphatic heterocycles. The summed E-state index contributed by atoms with van der Waals surface area (Å²) >= 11 is 12.1. The van der Waals surface area contributed by atoms with E-state index >= 15 is 0 Å². The minimum atomic E-state index is -4.74. The Morgan fingerprint density at radius 2 is 1.71 bits per heavy atom. The number of carbonyl (C=O) groups excluding carboxylic acids is 1. The van der Waals surface area contributed by atoms with Crippen molar-refractivity contribution in [3.05, 3.63) is 98.9 Å². The minimum absolute atomic E-state index is 0.0440. The number of anilines is 1. The van der Waals surface area contributed by atoms with Crippen LogP contribution in [0, 0.1) is 13.8 Å². The fourth-order valence-electron chi connectivity index (χ4n) is 3.85. The predicted molar refractivity (Wildman–Crippen MR) is 139 cm³/mol. The molecule has 0 saturated carbocycles. The van der Waals surface area contributed by atoms with E-state index < -0.39 is 17.8 Å². The van der Waals surface area contributed by atoms with Gasteiger partial charge in [-0.15, -0.1) is 0 Å². The fourth-order valence-corrected chi connectivity index (χ4v) is 4.17. The van der Waals surface area contributed by atoms with Crippen molar-refractivity contribution in [2.24, 2.45) is 0 Å². The lowest BCUT2D eigenvalue weighted by Crippen LogP contribution is -2.16. The molecular weight excluding hydrogens is 540 g/mol. The zero-order chi connectivity index (χ0) is 27.2. The summed E-state index contributed by atoms with van der Waals surface area (Å²) in [5, 5.41) is 11.4. The third-order valence-electron chi connectivity index (χ3n) is 5.96. The van der Waals surface area contributed by atoms with Gasteiger partial charge in [-0.05, 0) is 54.8 Å². The normalized spacial score (nSPS) is 11.8. The van der Waals surface area contributed by atoms with E-state index in [1.165, 1.54) is 16.9 Å². The molecule has 0 radical (unpaired) electrons. The van der Waals surface area contributed by atoms with Gasteiger partial charge in [-0.2, -0.15) is 23.4 Å². The first-order valence-electron chi connectivity index (χ1n) is 11.3. The number of hydrogen-bond donors (Lipinski definition) is 1. The number of aromatic nitrogens is 5. The number of rotatable bonds is 5. The van der Waals surface area contributed by atoms with E-state index in [0.29, 0.717) is 21.6 Å². The molecule has 0 spiro atoms. The smallest absolute Gasteiger partial charge is 0.302 e. The molecule has 7 nitrogen and oxygen atoms in total. The van der Waals surface area contributed by atoms with E-state index in [-0.39, 0.29) is 27.9 Å². The molecule has 38 heavy (non-hydrogen) atoms. The van der Waals surface area contributed by atoms with Crippen LogP contribution in [0.25, 0.3) is 16.9 Å². The molecule has 12 heteroatoms. The Morgan fingerprint density at radius 1 is 0.974 bits per heavy atom. The first-order chi connectivity index (χ1) is 18.0. The van der Waals surface area contributed by atoms with Crippen LogP contribution in [-0.4, -0.2) is 30.3 Å². The maximum Gasteiger partial charge on any atom is 0.433 e. The summed E-state index contributed by atoms with van der Waals surface area (Å²) in [6, 6.07) is 14.5. The second-order valence-corrected chi connectivity index (χ2v) is 9.57. The summed E-state index contributed by atoms with van der Waals surface area (Å²) in [5.41, 5.74) is 2.00. The van der Waals surface area contributed by atoms with Crippen LogP contribution in [-0.2, 0) is 12.7 Å². The molecule has 0 unspecified atom stereocenters.